The number of hydrogen-bond donors (Lipinski definition) is 0. The fourth-order valence-electron chi connectivity index (χ4n) is 7.02. The molecule has 0 aliphatic heterocycles. The number of thiophene rings is 1. The molecule has 3 aromatic heterocycles. The fraction of sp³-hybridized carbons (Fsp3) is 0. The number of fused-ring (bicyclic) bond motifs is 8. The summed E-state index contributed by atoms with van der Waals surface area (Å²) in [5.41, 5.74) is 6.26. The maximum Gasteiger partial charge on any atom is 0.164 e. The Morgan fingerprint density at radius 3 is 1.90 bits per heavy atom. The van der Waals surface area contributed by atoms with Gasteiger partial charge in [0.1, 0.15) is 0 Å². The minimum absolute atomic E-state index is 0.642. The fourth-order valence-corrected chi connectivity index (χ4v) is 8.16. The molecule has 10 aromatic rings. The number of para-hydroxylation sites is 1. The van der Waals surface area contributed by atoms with Gasteiger partial charge in [0.2, 0.25) is 0 Å². The molecule has 0 aliphatic carbocycles. The van der Waals surface area contributed by atoms with E-state index in [9.17, 15) is 0 Å². The smallest absolute Gasteiger partial charge is 0.164 e. The minimum atomic E-state index is 0.642. The van der Waals surface area contributed by atoms with Gasteiger partial charge >= 0.3 is 0 Å². The highest BCUT2D eigenvalue weighted by molar-refractivity contribution is 7.25. The third kappa shape index (κ3) is 4.25. The molecule has 0 bridgehead atoms. The second-order valence-electron chi connectivity index (χ2n) is 12.1. The largest absolute Gasteiger partial charge is 0.309 e. The van der Waals surface area contributed by atoms with E-state index >= 15 is 0 Å². The Bertz CT molecular complexity index is 2850. The van der Waals surface area contributed by atoms with Gasteiger partial charge in [0, 0.05) is 53.3 Å². The summed E-state index contributed by atoms with van der Waals surface area (Å²) in [6.07, 6.45) is 0. The van der Waals surface area contributed by atoms with Crippen molar-refractivity contribution in [1.29, 1.82) is 0 Å². The Morgan fingerprint density at radius 1 is 0.396 bits per heavy atom. The third-order valence-corrected chi connectivity index (χ3v) is 10.4. The SMILES string of the molecule is c1ccc(-c2nc(-c3cccc(-n4c5ccccc5c5c6ccccc6ccc54)c3)nc(-c3ccc4c(c3)sc3ccccc34)n2)cc1. The van der Waals surface area contributed by atoms with E-state index in [2.05, 4.69) is 144 Å². The van der Waals surface area contributed by atoms with Gasteiger partial charge in [-0.3, -0.25) is 0 Å². The lowest BCUT2D eigenvalue weighted by atomic mass is 10.0. The number of benzene rings is 7. The van der Waals surface area contributed by atoms with Gasteiger partial charge in [0.05, 0.1) is 11.0 Å². The summed E-state index contributed by atoms with van der Waals surface area (Å²) in [5.74, 6) is 1.95. The van der Waals surface area contributed by atoms with Crippen molar-refractivity contribution < 1.29 is 0 Å². The first-order valence-corrected chi connectivity index (χ1v) is 16.9. The van der Waals surface area contributed by atoms with Crippen molar-refractivity contribution in [2.24, 2.45) is 0 Å². The molecular formula is C43H26N4S. The van der Waals surface area contributed by atoms with Crippen LogP contribution in [0.15, 0.2) is 158 Å². The first kappa shape index (κ1) is 27.0. The van der Waals surface area contributed by atoms with Gasteiger partial charge in [-0.1, -0.05) is 121 Å². The van der Waals surface area contributed by atoms with Crippen molar-refractivity contribution in [3.05, 3.63) is 158 Å². The summed E-state index contributed by atoms with van der Waals surface area (Å²) in [5, 5.41) is 7.52. The van der Waals surface area contributed by atoms with Crippen LogP contribution in [0, 0.1) is 0 Å². The summed E-state index contributed by atoms with van der Waals surface area (Å²) in [6, 6.07) is 55.6. The molecule has 10 rings (SSSR count). The molecular weight excluding hydrogens is 605 g/mol. The Balaban J connectivity index is 1.17. The van der Waals surface area contributed by atoms with Gasteiger partial charge in [0.25, 0.3) is 0 Å². The molecule has 5 heteroatoms. The zero-order chi connectivity index (χ0) is 31.6. The van der Waals surface area contributed by atoms with Gasteiger partial charge in [-0.25, -0.2) is 15.0 Å². The number of nitrogens with zero attached hydrogens (tertiary/aromatic N) is 4. The molecule has 0 radical (unpaired) electrons. The normalized spacial score (nSPS) is 11.8. The second-order valence-corrected chi connectivity index (χ2v) is 13.1. The maximum atomic E-state index is 5.12. The minimum Gasteiger partial charge on any atom is -0.309 e. The van der Waals surface area contributed by atoms with Crippen LogP contribution in [-0.4, -0.2) is 19.5 Å². The van der Waals surface area contributed by atoms with E-state index in [-0.39, 0.29) is 0 Å². The Labute approximate surface area is 280 Å². The summed E-state index contributed by atoms with van der Waals surface area (Å²) >= 11 is 1.80. The molecule has 0 saturated carbocycles. The topological polar surface area (TPSA) is 43.6 Å². The molecule has 48 heavy (non-hydrogen) atoms. The predicted molar refractivity (Wildman–Crippen MR) is 201 cm³/mol. The Kier molecular flexibility index (Phi) is 6.01. The molecule has 7 aromatic carbocycles. The lowest BCUT2D eigenvalue weighted by Gasteiger charge is -2.12. The molecule has 0 N–H and O–H groups in total. The van der Waals surface area contributed by atoms with Crippen molar-refractivity contribution in [2.75, 3.05) is 0 Å². The van der Waals surface area contributed by atoms with Crippen LogP contribution in [0.5, 0.6) is 0 Å². The third-order valence-electron chi connectivity index (χ3n) is 9.23. The standard InChI is InChI=1S/C43H26N4S/c1-2-12-28(13-3-1)41-44-42(46-43(45-41)30-21-23-34-33-17-7-9-20-38(33)48-39(34)26-30)29-14-10-15-31(25-29)47-36-19-8-6-18-35(36)40-32-16-5-4-11-27(32)22-24-37(40)47/h1-26H. The van der Waals surface area contributed by atoms with E-state index in [1.165, 1.54) is 52.8 Å². The monoisotopic (exact) mass is 630 g/mol. The molecule has 0 aliphatic rings. The lowest BCUT2D eigenvalue weighted by molar-refractivity contribution is 1.07. The summed E-state index contributed by atoms with van der Waals surface area (Å²) in [4.78, 5) is 15.2. The van der Waals surface area contributed by atoms with Gasteiger partial charge in [-0.05, 0) is 47.2 Å². The van der Waals surface area contributed by atoms with Crippen LogP contribution in [-0.2, 0) is 0 Å². The van der Waals surface area contributed by atoms with E-state index < -0.39 is 0 Å². The molecule has 0 amide bonds. The molecule has 0 atom stereocenters. The first-order valence-electron chi connectivity index (χ1n) is 16.0. The summed E-state index contributed by atoms with van der Waals surface area (Å²) in [7, 11) is 0. The highest BCUT2D eigenvalue weighted by atomic mass is 32.1. The van der Waals surface area contributed by atoms with Crippen LogP contribution in [0.25, 0.3) is 92.6 Å². The number of rotatable bonds is 4. The zero-order valence-corrected chi connectivity index (χ0v) is 26.5. The highest BCUT2D eigenvalue weighted by Crippen LogP contribution is 2.38. The molecule has 0 spiro atoms. The molecule has 4 nitrogen and oxygen atoms in total. The van der Waals surface area contributed by atoms with Crippen molar-refractivity contribution in [2.45, 2.75) is 0 Å². The number of hydrogen-bond acceptors (Lipinski definition) is 4. The Morgan fingerprint density at radius 2 is 1.04 bits per heavy atom. The molecule has 3 heterocycles. The Hall–Kier alpha value is -6.17. The molecule has 0 unspecified atom stereocenters. The summed E-state index contributed by atoms with van der Waals surface area (Å²) in [6.45, 7) is 0. The molecule has 0 saturated heterocycles. The second kappa shape index (κ2) is 10.7. The van der Waals surface area contributed by atoms with Crippen molar-refractivity contribution in [1.82, 2.24) is 19.5 Å². The van der Waals surface area contributed by atoms with E-state index in [0.29, 0.717) is 17.5 Å². The predicted octanol–water partition coefficient (Wildman–Crippen LogP) is 11.5. The van der Waals surface area contributed by atoms with Crippen molar-refractivity contribution in [3.63, 3.8) is 0 Å². The van der Waals surface area contributed by atoms with Gasteiger partial charge < -0.3 is 4.57 Å². The van der Waals surface area contributed by atoms with Crippen LogP contribution in [0.2, 0.25) is 0 Å². The van der Waals surface area contributed by atoms with Gasteiger partial charge in [-0.15, -0.1) is 11.3 Å². The van der Waals surface area contributed by atoms with E-state index in [1.54, 1.807) is 11.3 Å². The van der Waals surface area contributed by atoms with Crippen LogP contribution < -0.4 is 0 Å². The first-order chi connectivity index (χ1) is 23.8. The van der Waals surface area contributed by atoms with Crippen LogP contribution in [0.1, 0.15) is 0 Å². The zero-order valence-electron chi connectivity index (χ0n) is 25.7. The summed E-state index contributed by atoms with van der Waals surface area (Å²) < 4.78 is 4.86. The maximum absolute atomic E-state index is 5.12. The molecule has 224 valence electrons. The quantitative estimate of drug-likeness (QED) is 0.194. The van der Waals surface area contributed by atoms with Gasteiger partial charge in [-0.2, -0.15) is 0 Å². The van der Waals surface area contributed by atoms with E-state index in [0.717, 1.165) is 22.4 Å². The lowest BCUT2D eigenvalue weighted by Crippen LogP contribution is -2.01. The van der Waals surface area contributed by atoms with Crippen LogP contribution in [0.3, 0.4) is 0 Å². The van der Waals surface area contributed by atoms with Crippen LogP contribution in [0.4, 0.5) is 0 Å². The average molecular weight is 631 g/mol. The number of aromatic nitrogens is 4. The van der Waals surface area contributed by atoms with E-state index in [1.807, 2.05) is 18.2 Å². The highest BCUT2D eigenvalue weighted by Gasteiger charge is 2.17. The average Bonchev–Trinajstić information content (AvgIpc) is 3.71. The van der Waals surface area contributed by atoms with E-state index in [4.69, 9.17) is 15.0 Å². The molecule has 0 fully saturated rings. The van der Waals surface area contributed by atoms with Crippen molar-refractivity contribution >= 4 is 64.1 Å². The van der Waals surface area contributed by atoms with Crippen LogP contribution >= 0.6 is 11.3 Å². The van der Waals surface area contributed by atoms with Gasteiger partial charge in [0.15, 0.2) is 17.5 Å². The van der Waals surface area contributed by atoms with Crippen molar-refractivity contribution in [3.8, 4) is 39.9 Å².